The molecule has 0 spiro atoms. The summed E-state index contributed by atoms with van der Waals surface area (Å²) in [5.74, 6) is 0.999. The molecule has 0 amide bonds. The molecule has 10 aromatic carbocycles. The molecule has 0 unspecified atom stereocenters. The Hall–Kier alpha value is -8.12. The molecule has 3 nitrogen and oxygen atoms in total. The normalized spacial score (nSPS) is 12.4. The number of benzene rings is 10. The van der Waals surface area contributed by atoms with Crippen LogP contribution in [0, 0.1) is 0 Å². The Morgan fingerprint density at radius 1 is 0.303 bits per heavy atom. The number of anilines is 6. The molecule has 0 fully saturated rings. The molecule has 0 saturated carbocycles. The van der Waals surface area contributed by atoms with Gasteiger partial charge in [-0.15, -0.1) is 0 Å². The van der Waals surface area contributed by atoms with Gasteiger partial charge >= 0.3 is 342 Å². The van der Waals surface area contributed by atoms with Gasteiger partial charge in [-0.1, -0.05) is 48.5 Å². The molecule has 0 atom stereocenters. The second-order valence-electron chi connectivity index (χ2n) is 16.9. The second kappa shape index (κ2) is 16.8. The number of hydrogen-bond acceptors (Lipinski definition) is 3. The molecule has 12 rings (SSSR count). The van der Waals surface area contributed by atoms with Crippen LogP contribution in [0.3, 0.4) is 0 Å². The Balaban J connectivity index is 0.978. The van der Waals surface area contributed by atoms with Crippen molar-refractivity contribution in [2.45, 2.75) is 0 Å². The molecule has 66 heavy (non-hydrogen) atoms. The van der Waals surface area contributed by atoms with Crippen molar-refractivity contribution in [3.05, 3.63) is 267 Å². The number of hydrogen-bond donors (Lipinski definition) is 0. The van der Waals surface area contributed by atoms with Gasteiger partial charge in [0.15, 0.2) is 0 Å². The van der Waals surface area contributed by atoms with E-state index in [1.165, 1.54) is 28.5 Å². The Bertz CT molecular complexity index is 3310. The molecule has 0 saturated heterocycles. The zero-order valence-electron chi connectivity index (χ0n) is 36.2. The molecular formula is C62H44GeN2O. The maximum absolute atomic E-state index is 7.25. The standard InChI is InChI=1S/C62H44GeN2O/c1-7-19-49(20-8-1)63(50-21-9-2-10-22-50)59-42-36-47(45-31-37-55(38-32-45)64(51-23-11-3-12-24-51)52-25-13-4-14-26-52)43-58(59)62-61(63)57-41-35-48(44-60(57)66-62)46-33-39-56(40-34-46)65(53-27-15-5-16-28-53)54-29-17-6-18-30-54/h1-44H. The van der Waals surface area contributed by atoms with Crippen molar-refractivity contribution in [2.24, 2.45) is 0 Å². The summed E-state index contributed by atoms with van der Waals surface area (Å²) in [5, 5.41) is 1.20. The molecule has 1 aromatic heterocycles. The van der Waals surface area contributed by atoms with E-state index in [-0.39, 0.29) is 0 Å². The summed E-state index contributed by atoms with van der Waals surface area (Å²) in [5.41, 5.74) is 13.4. The van der Waals surface area contributed by atoms with E-state index in [0.29, 0.717) is 0 Å². The van der Waals surface area contributed by atoms with E-state index < -0.39 is 13.3 Å². The van der Waals surface area contributed by atoms with Crippen LogP contribution in [0.4, 0.5) is 34.1 Å². The van der Waals surface area contributed by atoms with Gasteiger partial charge in [0.25, 0.3) is 0 Å². The van der Waals surface area contributed by atoms with Crippen LogP contribution in [-0.4, -0.2) is 13.3 Å². The van der Waals surface area contributed by atoms with Crippen molar-refractivity contribution in [3.63, 3.8) is 0 Å². The molecule has 312 valence electrons. The fraction of sp³-hybridized carbons (Fsp3) is 0. The van der Waals surface area contributed by atoms with Crippen LogP contribution < -0.4 is 27.4 Å². The summed E-state index contributed by atoms with van der Waals surface area (Å²) in [7, 11) is 0. The second-order valence-corrected chi connectivity index (χ2v) is 24.6. The maximum atomic E-state index is 7.25. The predicted octanol–water partition coefficient (Wildman–Crippen LogP) is 14.1. The fourth-order valence-corrected chi connectivity index (χ4v) is 21.2. The third-order valence-corrected chi connectivity index (χ3v) is 23.4. The van der Waals surface area contributed by atoms with Gasteiger partial charge in [0.05, 0.1) is 0 Å². The van der Waals surface area contributed by atoms with Crippen molar-refractivity contribution in [2.75, 3.05) is 9.80 Å². The Morgan fingerprint density at radius 3 is 1.08 bits per heavy atom. The molecule has 1 aliphatic heterocycles. The van der Waals surface area contributed by atoms with Crippen molar-refractivity contribution < 1.29 is 4.42 Å². The number of nitrogens with zero attached hydrogens (tertiary/aromatic N) is 2. The Morgan fingerprint density at radius 2 is 0.652 bits per heavy atom. The van der Waals surface area contributed by atoms with Crippen LogP contribution >= 0.6 is 0 Å². The predicted molar refractivity (Wildman–Crippen MR) is 279 cm³/mol. The molecular weight excluding hydrogens is 861 g/mol. The third-order valence-electron chi connectivity index (χ3n) is 13.1. The van der Waals surface area contributed by atoms with Crippen molar-refractivity contribution in [3.8, 4) is 33.6 Å². The first-order valence-corrected chi connectivity index (χ1v) is 26.8. The first-order chi connectivity index (χ1) is 32.7. The van der Waals surface area contributed by atoms with Crippen LogP contribution in [0.1, 0.15) is 0 Å². The van der Waals surface area contributed by atoms with Crippen LogP contribution in [-0.2, 0) is 0 Å². The van der Waals surface area contributed by atoms with E-state index in [1.54, 1.807) is 0 Å². The minimum absolute atomic E-state index is 0.918. The first-order valence-electron chi connectivity index (χ1n) is 22.6. The number of fused-ring (bicyclic) bond motifs is 5. The van der Waals surface area contributed by atoms with Gasteiger partial charge in [0.1, 0.15) is 0 Å². The summed E-state index contributed by atoms with van der Waals surface area (Å²) in [6, 6.07) is 96.6. The van der Waals surface area contributed by atoms with Crippen molar-refractivity contribution in [1.29, 1.82) is 0 Å². The van der Waals surface area contributed by atoms with Crippen molar-refractivity contribution in [1.82, 2.24) is 0 Å². The summed E-state index contributed by atoms with van der Waals surface area (Å²) in [6.07, 6.45) is 0. The monoisotopic (exact) mass is 906 g/mol. The van der Waals surface area contributed by atoms with E-state index in [9.17, 15) is 0 Å². The minimum atomic E-state index is -3.63. The summed E-state index contributed by atoms with van der Waals surface area (Å²) in [6.45, 7) is 0. The van der Waals surface area contributed by atoms with Crippen LogP contribution in [0.15, 0.2) is 271 Å². The molecule has 0 bridgehead atoms. The SMILES string of the molecule is c1ccc(N(c2ccccc2)c2ccc(-c3cc[c]4c(c3)-c3oc5cc(-c6ccc(N(c7ccccc7)c7ccccc7)cc6)ccc5[c]3[Ge]4([c]3ccccc3)[c]3ccccc3)cc2)cc1. The quantitative estimate of drug-likeness (QED) is 0.128. The topological polar surface area (TPSA) is 19.6 Å². The third kappa shape index (κ3) is 6.75. The molecule has 0 N–H and O–H groups in total. The van der Waals surface area contributed by atoms with Gasteiger partial charge in [0.2, 0.25) is 0 Å². The fourth-order valence-electron chi connectivity index (χ4n) is 10.2. The summed E-state index contributed by atoms with van der Waals surface area (Å²) >= 11 is -3.63. The molecule has 2 heterocycles. The van der Waals surface area contributed by atoms with Crippen LogP contribution in [0.25, 0.3) is 44.5 Å². The van der Waals surface area contributed by atoms with Gasteiger partial charge in [-0.25, -0.2) is 0 Å². The van der Waals surface area contributed by atoms with Crippen LogP contribution in [0.2, 0.25) is 0 Å². The zero-order chi connectivity index (χ0) is 43.9. The molecule has 0 radical (unpaired) electrons. The average molecular weight is 906 g/mol. The number of furan rings is 1. The zero-order valence-corrected chi connectivity index (χ0v) is 38.3. The molecule has 0 aliphatic carbocycles. The van der Waals surface area contributed by atoms with Crippen molar-refractivity contribution >= 4 is 75.9 Å². The van der Waals surface area contributed by atoms with Gasteiger partial charge in [-0.3, -0.25) is 0 Å². The van der Waals surface area contributed by atoms with E-state index in [0.717, 1.165) is 67.7 Å². The molecule has 4 heteroatoms. The number of rotatable bonds is 10. The van der Waals surface area contributed by atoms with Gasteiger partial charge in [0, 0.05) is 0 Å². The molecule has 11 aromatic rings. The van der Waals surface area contributed by atoms with E-state index in [4.69, 9.17) is 4.42 Å². The van der Waals surface area contributed by atoms with E-state index >= 15 is 0 Å². The Kier molecular flexibility index (Phi) is 10.0. The Labute approximate surface area is 388 Å². The average Bonchev–Trinajstić information content (AvgIpc) is 3.91. The molecule has 1 aliphatic rings. The van der Waals surface area contributed by atoms with Gasteiger partial charge < -0.3 is 0 Å². The number of para-hydroxylation sites is 4. The van der Waals surface area contributed by atoms with E-state index in [2.05, 4.69) is 277 Å². The first kappa shape index (κ1) is 39.5. The van der Waals surface area contributed by atoms with Crippen LogP contribution in [0.5, 0.6) is 0 Å². The summed E-state index contributed by atoms with van der Waals surface area (Å²) in [4.78, 5) is 4.61. The van der Waals surface area contributed by atoms with Gasteiger partial charge in [-0.05, 0) is 0 Å². The van der Waals surface area contributed by atoms with Gasteiger partial charge in [-0.2, -0.15) is 0 Å². The van der Waals surface area contributed by atoms with E-state index in [1.807, 2.05) is 0 Å². The summed E-state index contributed by atoms with van der Waals surface area (Å²) < 4.78 is 12.8.